The lowest BCUT2D eigenvalue weighted by Gasteiger charge is -2.10. The molecule has 0 saturated carbocycles. The average Bonchev–Trinajstić information content (AvgIpc) is 3.02. The lowest BCUT2D eigenvalue weighted by atomic mass is 10.2. The molecule has 8 heteroatoms. The van der Waals surface area contributed by atoms with Gasteiger partial charge in [0.25, 0.3) is 5.56 Å². The number of thioether (sulfide) groups is 1. The SMILES string of the molecule is C=CCn1c(SCC(=O)NCCOC)nc2c([nH]c3ccccc32)c1=O. The van der Waals surface area contributed by atoms with E-state index in [0.29, 0.717) is 35.9 Å². The summed E-state index contributed by atoms with van der Waals surface area (Å²) in [6, 6.07) is 7.64. The third-order valence-corrected chi connectivity index (χ3v) is 4.82. The highest BCUT2D eigenvalue weighted by Crippen LogP contribution is 2.24. The molecule has 0 unspecified atom stereocenters. The molecular formula is C18H20N4O3S. The van der Waals surface area contributed by atoms with E-state index in [1.807, 2.05) is 24.3 Å². The maximum Gasteiger partial charge on any atom is 0.278 e. The van der Waals surface area contributed by atoms with E-state index in [4.69, 9.17) is 4.74 Å². The molecule has 1 amide bonds. The summed E-state index contributed by atoms with van der Waals surface area (Å²) in [5.41, 5.74) is 1.76. The van der Waals surface area contributed by atoms with Gasteiger partial charge in [0.1, 0.15) is 11.0 Å². The van der Waals surface area contributed by atoms with Crippen molar-refractivity contribution in [2.75, 3.05) is 26.0 Å². The lowest BCUT2D eigenvalue weighted by Crippen LogP contribution is -2.29. The van der Waals surface area contributed by atoms with Crippen molar-refractivity contribution in [2.45, 2.75) is 11.7 Å². The summed E-state index contributed by atoms with van der Waals surface area (Å²) in [7, 11) is 1.58. The molecule has 0 aliphatic carbocycles. The number of carbonyl (C=O) groups excluding carboxylic acids is 1. The number of benzene rings is 1. The Kier molecular flexibility index (Phi) is 5.75. The molecule has 0 fully saturated rings. The number of rotatable bonds is 8. The number of hydrogen-bond acceptors (Lipinski definition) is 5. The third-order valence-electron chi connectivity index (χ3n) is 3.85. The number of methoxy groups -OCH3 is 1. The summed E-state index contributed by atoms with van der Waals surface area (Å²) in [4.78, 5) is 32.6. The Bertz CT molecular complexity index is 1010. The summed E-state index contributed by atoms with van der Waals surface area (Å²) in [5.74, 6) is 0.0340. The van der Waals surface area contributed by atoms with E-state index < -0.39 is 0 Å². The van der Waals surface area contributed by atoms with Crippen LogP contribution in [0.15, 0.2) is 46.9 Å². The second-order valence-corrected chi connectivity index (χ2v) is 6.57. The van der Waals surface area contributed by atoms with Crippen LogP contribution in [0.2, 0.25) is 0 Å². The number of nitrogens with one attached hydrogen (secondary N) is 2. The highest BCUT2D eigenvalue weighted by molar-refractivity contribution is 7.99. The summed E-state index contributed by atoms with van der Waals surface area (Å²) in [6.45, 7) is 4.93. The molecule has 1 aromatic carbocycles. The van der Waals surface area contributed by atoms with Gasteiger partial charge in [-0.1, -0.05) is 36.0 Å². The summed E-state index contributed by atoms with van der Waals surface area (Å²) in [6.07, 6.45) is 1.64. The number of ether oxygens (including phenoxy) is 1. The number of fused-ring (bicyclic) bond motifs is 3. The predicted molar refractivity (Wildman–Crippen MR) is 104 cm³/mol. The number of hydrogen-bond donors (Lipinski definition) is 2. The first-order chi connectivity index (χ1) is 12.7. The van der Waals surface area contributed by atoms with Crippen LogP contribution in [0, 0.1) is 0 Å². The molecule has 0 saturated heterocycles. The first-order valence-electron chi connectivity index (χ1n) is 8.16. The number of allylic oxidation sites excluding steroid dienone is 1. The Labute approximate surface area is 154 Å². The third kappa shape index (κ3) is 3.66. The average molecular weight is 372 g/mol. The molecule has 2 N–H and O–H groups in total. The Balaban J connectivity index is 1.96. The summed E-state index contributed by atoms with van der Waals surface area (Å²) >= 11 is 1.23. The highest BCUT2D eigenvalue weighted by Gasteiger charge is 2.16. The molecule has 3 aromatic rings. The van der Waals surface area contributed by atoms with Crippen LogP contribution in [0.3, 0.4) is 0 Å². The van der Waals surface area contributed by atoms with Crippen molar-refractivity contribution in [3.05, 3.63) is 47.3 Å². The zero-order chi connectivity index (χ0) is 18.5. The van der Waals surface area contributed by atoms with E-state index in [0.717, 1.165) is 10.9 Å². The van der Waals surface area contributed by atoms with Gasteiger partial charge in [0.15, 0.2) is 5.16 Å². The van der Waals surface area contributed by atoms with Gasteiger partial charge < -0.3 is 15.0 Å². The maximum absolute atomic E-state index is 12.9. The first kappa shape index (κ1) is 18.2. The number of nitrogens with zero attached hydrogens (tertiary/aromatic N) is 2. The molecule has 2 heterocycles. The minimum Gasteiger partial charge on any atom is -0.383 e. The predicted octanol–water partition coefficient (Wildman–Crippen LogP) is 1.92. The zero-order valence-electron chi connectivity index (χ0n) is 14.4. The van der Waals surface area contributed by atoms with E-state index in [2.05, 4.69) is 21.9 Å². The number of amides is 1. The fourth-order valence-corrected chi connectivity index (χ4v) is 3.48. The lowest BCUT2D eigenvalue weighted by molar-refractivity contribution is -0.118. The van der Waals surface area contributed by atoms with Crippen molar-refractivity contribution in [3.8, 4) is 0 Å². The van der Waals surface area contributed by atoms with Gasteiger partial charge in [-0.2, -0.15) is 0 Å². The van der Waals surface area contributed by atoms with Crippen LogP contribution in [-0.4, -0.2) is 46.5 Å². The molecule has 0 spiro atoms. The summed E-state index contributed by atoms with van der Waals surface area (Å²) in [5, 5.41) is 4.14. The Morgan fingerprint density at radius 2 is 2.27 bits per heavy atom. The van der Waals surface area contributed by atoms with Gasteiger partial charge in [-0.25, -0.2) is 4.98 Å². The Morgan fingerprint density at radius 1 is 1.46 bits per heavy atom. The van der Waals surface area contributed by atoms with Gasteiger partial charge in [-0.05, 0) is 6.07 Å². The first-order valence-corrected chi connectivity index (χ1v) is 9.15. The largest absolute Gasteiger partial charge is 0.383 e. The molecule has 0 bridgehead atoms. The molecule has 26 heavy (non-hydrogen) atoms. The highest BCUT2D eigenvalue weighted by atomic mass is 32.2. The standard InChI is InChI=1S/C18H20N4O3S/c1-3-9-22-17(24)16-15(12-6-4-5-7-13(12)20-16)21-18(22)26-11-14(23)19-8-10-25-2/h3-7,20H,1,8-11H2,2H3,(H,19,23). The van der Waals surface area contributed by atoms with Crippen molar-refractivity contribution >= 4 is 39.6 Å². The fourth-order valence-electron chi connectivity index (χ4n) is 2.65. The summed E-state index contributed by atoms with van der Waals surface area (Å²) < 4.78 is 6.43. The molecule has 7 nitrogen and oxygen atoms in total. The topological polar surface area (TPSA) is 89.0 Å². The van der Waals surface area contributed by atoms with Crippen LogP contribution < -0.4 is 10.9 Å². The van der Waals surface area contributed by atoms with Crippen LogP contribution in [0.4, 0.5) is 0 Å². The van der Waals surface area contributed by atoms with Gasteiger partial charge in [0.05, 0.1) is 12.4 Å². The zero-order valence-corrected chi connectivity index (χ0v) is 15.3. The second-order valence-electron chi connectivity index (χ2n) is 5.62. The quantitative estimate of drug-likeness (QED) is 0.273. The number of H-pyrrole nitrogens is 1. The molecule has 0 aliphatic heterocycles. The normalized spacial score (nSPS) is 11.1. The van der Waals surface area contributed by atoms with Crippen LogP contribution in [0.25, 0.3) is 21.9 Å². The number of aromatic nitrogens is 3. The molecule has 0 aliphatic rings. The van der Waals surface area contributed by atoms with Crippen molar-refractivity contribution in [1.82, 2.24) is 19.9 Å². The van der Waals surface area contributed by atoms with Gasteiger partial charge in [-0.15, -0.1) is 6.58 Å². The van der Waals surface area contributed by atoms with Crippen molar-refractivity contribution in [2.24, 2.45) is 0 Å². The van der Waals surface area contributed by atoms with E-state index >= 15 is 0 Å². The fraction of sp³-hybridized carbons (Fsp3) is 0.278. The van der Waals surface area contributed by atoms with Crippen LogP contribution >= 0.6 is 11.8 Å². The van der Waals surface area contributed by atoms with Crippen molar-refractivity contribution in [3.63, 3.8) is 0 Å². The number of aromatic amines is 1. The molecule has 2 aromatic heterocycles. The van der Waals surface area contributed by atoms with Gasteiger partial charge in [-0.3, -0.25) is 14.2 Å². The number of para-hydroxylation sites is 1. The second kappa shape index (κ2) is 8.20. The van der Waals surface area contributed by atoms with E-state index in [-0.39, 0.29) is 17.2 Å². The Morgan fingerprint density at radius 3 is 3.04 bits per heavy atom. The van der Waals surface area contributed by atoms with E-state index in [1.54, 1.807) is 13.2 Å². The molecule has 3 rings (SSSR count). The van der Waals surface area contributed by atoms with E-state index in [1.165, 1.54) is 16.3 Å². The van der Waals surface area contributed by atoms with E-state index in [9.17, 15) is 9.59 Å². The molecular weight excluding hydrogens is 352 g/mol. The van der Waals surface area contributed by atoms with Gasteiger partial charge >= 0.3 is 0 Å². The maximum atomic E-state index is 12.9. The molecule has 136 valence electrons. The minimum atomic E-state index is -0.173. The van der Waals surface area contributed by atoms with Crippen LogP contribution in [0.1, 0.15) is 0 Å². The molecule has 0 atom stereocenters. The molecule has 0 radical (unpaired) electrons. The number of carbonyl (C=O) groups is 1. The monoisotopic (exact) mass is 372 g/mol. The van der Waals surface area contributed by atoms with Gasteiger partial charge in [0.2, 0.25) is 5.91 Å². The van der Waals surface area contributed by atoms with Crippen LogP contribution in [-0.2, 0) is 16.1 Å². The Hall–Kier alpha value is -2.58. The van der Waals surface area contributed by atoms with Crippen molar-refractivity contribution in [1.29, 1.82) is 0 Å². The van der Waals surface area contributed by atoms with Crippen molar-refractivity contribution < 1.29 is 9.53 Å². The minimum absolute atomic E-state index is 0.134. The van der Waals surface area contributed by atoms with Gasteiger partial charge in [0, 0.05) is 31.1 Å². The van der Waals surface area contributed by atoms with Crippen LogP contribution in [0.5, 0.6) is 0 Å². The smallest absolute Gasteiger partial charge is 0.278 e.